The van der Waals surface area contributed by atoms with Gasteiger partial charge in [0, 0.05) is 30.6 Å². The van der Waals surface area contributed by atoms with Crippen molar-refractivity contribution in [3.8, 4) is 0 Å². The van der Waals surface area contributed by atoms with Crippen LogP contribution in [0.15, 0.2) is 17.5 Å². The van der Waals surface area contributed by atoms with Gasteiger partial charge in [0.15, 0.2) is 0 Å². The lowest BCUT2D eigenvalue weighted by Gasteiger charge is -2.37. The zero-order chi connectivity index (χ0) is 14.5. The van der Waals surface area contributed by atoms with Crippen LogP contribution >= 0.6 is 11.3 Å². The molecule has 1 aromatic rings. The van der Waals surface area contributed by atoms with Crippen LogP contribution in [-0.4, -0.2) is 54.6 Å². The number of piperidine rings is 1. The molecule has 1 N–H and O–H groups in total. The van der Waals surface area contributed by atoms with Gasteiger partial charge in [-0.15, -0.1) is 11.3 Å². The fraction of sp³-hybridized carbons (Fsp3) is 0.688. The van der Waals surface area contributed by atoms with Crippen molar-refractivity contribution in [2.75, 3.05) is 32.7 Å². The molecule has 0 saturated carbocycles. The van der Waals surface area contributed by atoms with Gasteiger partial charge in [0.2, 0.25) is 0 Å². The Bertz CT molecular complexity index is 442. The molecule has 0 aliphatic carbocycles. The summed E-state index contributed by atoms with van der Waals surface area (Å²) in [4.78, 5) is 18.2. The van der Waals surface area contributed by atoms with Crippen LogP contribution in [0.25, 0.3) is 0 Å². The molecule has 0 radical (unpaired) electrons. The Morgan fingerprint density at radius 1 is 1.29 bits per heavy atom. The lowest BCUT2D eigenvalue weighted by atomic mass is 10.0. The molecule has 1 unspecified atom stereocenters. The third-order valence-corrected chi connectivity index (χ3v) is 5.50. The van der Waals surface area contributed by atoms with Gasteiger partial charge in [0.05, 0.1) is 0 Å². The molecule has 2 aliphatic heterocycles. The van der Waals surface area contributed by atoms with Crippen LogP contribution in [0.2, 0.25) is 0 Å². The molecule has 2 aliphatic rings. The van der Waals surface area contributed by atoms with E-state index in [1.807, 2.05) is 4.90 Å². The average Bonchev–Trinajstić information content (AvgIpc) is 3.21. The summed E-state index contributed by atoms with van der Waals surface area (Å²) in [5.41, 5.74) is 0. The maximum Gasteiger partial charge on any atom is 0.317 e. The number of nitrogens with zero attached hydrogens (tertiary/aromatic N) is 2. The Morgan fingerprint density at radius 2 is 2.14 bits per heavy atom. The molecule has 0 aromatic carbocycles. The summed E-state index contributed by atoms with van der Waals surface area (Å²) in [6.07, 6.45) is 5.97. The number of urea groups is 1. The number of carbonyl (C=O) groups excluding carboxylic acids is 1. The van der Waals surface area contributed by atoms with Crippen molar-refractivity contribution in [1.29, 1.82) is 0 Å². The molecule has 1 aromatic heterocycles. The number of hydrogen-bond donors (Lipinski definition) is 1. The van der Waals surface area contributed by atoms with E-state index >= 15 is 0 Å². The second kappa shape index (κ2) is 7.27. The minimum Gasteiger partial charge on any atom is -0.338 e. The highest BCUT2D eigenvalue weighted by Crippen LogP contribution is 2.20. The Hall–Kier alpha value is -1.07. The fourth-order valence-corrected chi connectivity index (χ4v) is 4.11. The SMILES string of the molecule is O=C(NCCc1cccs1)N1CCCC(N2CCCC2)C1. The molecule has 116 valence electrons. The summed E-state index contributed by atoms with van der Waals surface area (Å²) in [6, 6.07) is 4.90. The monoisotopic (exact) mass is 307 g/mol. The molecule has 1 atom stereocenters. The van der Waals surface area contributed by atoms with E-state index in [9.17, 15) is 4.79 Å². The van der Waals surface area contributed by atoms with E-state index in [2.05, 4.69) is 27.7 Å². The average molecular weight is 307 g/mol. The number of carbonyl (C=O) groups is 1. The van der Waals surface area contributed by atoms with E-state index < -0.39 is 0 Å². The van der Waals surface area contributed by atoms with E-state index in [1.165, 1.54) is 37.2 Å². The topological polar surface area (TPSA) is 35.6 Å². The van der Waals surface area contributed by atoms with E-state index in [0.29, 0.717) is 6.04 Å². The first kappa shape index (κ1) is 14.9. The van der Waals surface area contributed by atoms with Gasteiger partial charge in [-0.1, -0.05) is 6.07 Å². The predicted molar refractivity (Wildman–Crippen MR) is 86.8 cm³/mol. The van der Waals surface area contributed by atoms with Gasteiger partial charge in [-0.3, -0.25) is 4.90 Å². The number of thiophene rings is 1. The molecule has 2 amide bonds. The second-order valence-corrected chi connectivity index (χ2v) is 7.08. The Morgan fingerprint density at radius 3 is 2.90 bits per heavy atom. The molecular formula is C16H25N3OS. The molecule has 21 heavy (non-hydrogen) atoms. The maximum atomic E-state index is 12.3. The smallest absolute Gasteiger partial charge is 0.317 e. The van der Waals surface area contributed by atoms with Crippen LogP contribution in [0.4, 0.5) is 4.79 Å². The lowest BCUT2D eigenvalue weighted by Crippen LogP contribution is -2.51. The van der Waals surface area contributed by atoms with Crippen LogP contribution < -0.4 is 5.32 Å². The fourth-order valence-electron chi connectivity index (χ4n) is 3.40. The largest absolute Gasteiger partial charge is 0.338 e. The summed E-state index contributed by atoms with van der Waals surface area (Å²) >= 11 is 1.76. The third kappa shape index (κ3) is 3.98. The van der Waals surface area contributed by atoms with Crippen LogP contribution in [-0.2, 0) is 6.42 Å². The molecule has 4 nitrogen and oxygen atoms in total. The number of likely N-dealkylation sites (tertiary alicyclic amines) is 2. The van der Waals surface area contributed by atoms with Gasteiger partial charge in [0.25, 0.3) is 0 Å². The first-order valence-electron chi connectivity index (χ1n) is 8.12. The molecule has 3 rings (SSSR count). The molecule has 2 saturated heterocycles. The molecular weight excluding hydrogens is 282 g/mol. The first-order valence-corrected chi connectivity index (χ1v) is 9.00. The highest BCUT2D eigenvalue weighted by Gasteiger charge is 2.28. The minimum absolute atomic E-state index is 0.121. The van der Waals surface area contributed by atoms with Crippen molar-refractivity contribution in [3.05, 3.63) is 22.4 Å². The van der Waals surface area contributed by atoms with Crippen LogP contribution in [0.1, 0.15) is 30.6 Å². The van der Waals surface area contributed by atoms with Gasteiger partial charge in [-0.25, -0.2) is 4.79 Å². The van der Waals surface area contributed by atoms with Gasteiger partial charge in [-0.05, 0) is 56.6 Å². The quantitative estimate of drug-likeness (QED) is 0.928. The number of rotatable bonds is 4. The van der Waals surface area contributed by atoms with Crippen LogP contribution in [0.3, 0.4) is 0 Å². The van der Waals surface area contributed by atoms with E-state index in [1.54, 1.807) is 11.3 Å². The summed E-state index contributed by atoms with van der Waals surface area (Å²) in [5, 5.41) is 5.16. The van der Waals surface area contributed by atoms with Crippen molar-refractivity contribution in [2.45, 2.75) is 38.1 Å². The zero-order valence-electron chi connectivity index (χ0n) is 12.6. The summed E-state index contributed by atoms with van der Waals surface area (Å²) in [7, 11) is 0. The molecule has 2 fully saturated rings. The van der Waals surface area contributed by atoms with Crippen molar-refractivity contribution in [3.63, 3.8) is 0 Å². The lowest BCUT2D eigenvalue weighted by molar-refractivity contribution is 0.125. The van der Waals surface area contributed by atoms with E-state index in [4.69, 9.17) is 0 Å². The zero-order valence-corrected chi connectivity index (χ0v) is 13.4. The molecule has 5 heteroatoms. The predicted octanol–water partition coefficient (Wildman–Crippen LogP) is 2.56. The van der Waals surface area contributed by atoms with Crippen molar-refractivity contribution in [1.82, 2.24) is 15.1 Å². The van der Waals surface area contributed by atoms with Gasteiger partial charge in [0.1, 0.15) is 0 Å². The Kier molecular flexibility index (Phi) is 5.14. The number of nitrogens with one attached hydrogen (secondary N) is 1. The highest BCUT2D eigenvalue weighted by atomic mass is 32.1. The van der Waals surface area contributed by atoms with Crippen molar-refractivity contribution in [2.24, 2.45) is 0 Å². The summed E-state index contributed by atoms with van der Waals surface area (Å²) in [5.74, 6) is 0. The Balaban J connectivity index is 1.43. The van der Waals surface area contributed by atoms with Crippen LogP contribution in [0, 0.1) is 0 Å². The van der Waals surface area contributed by atoms with Crippen molar-refractivity contribution < 1.29 is 4.79 Å². The normalized spacial score (nSPS) is 23.4. The molecule has 0 bridgehead atoms. The molecule has 0 spiro atoms. The number of hydrogen-bond acceptors (Lipinski definition) is 3. The number of amides is 2. The third-order valence-electron chi connectivity index (χ3n) is 4.57. The Labute approximate surface area is 131 Å². The highest BCUT2D eigenvalue weighted by molar-refractivity contribution is 7.09. The van der Waals surface area contributed by atoms with Gasteiger partial charge in [-0.2, -0.15) is 0 Å². The minimum atomic E-state index is 0.121. The standard InChI is InChI=1S/C16H25N3OS/c20-16(17-8-7-15-6-4-12-21-15)19-11-3-5-14(13-19)18-9-1-2-10-18/h4,6,12,14H,1-3,5,7-11,13H2,(H,17,20). The van der Waals surface area contributed by atoms with E-state index in [0.717, 1.165) is 32.5 Å². The summed E-state index contributed by atoms with van der Waals surface area (Å²) < 4.78 is 0. The summed E-state index contributed by atoms with van der Waals surface area (Å²) in [6.45, 7) is 5.00. The van der Waals surface area contributed by atoms with Gasteiger partial charge < -0.3 is 10.2 Å². The maximum absolute atomic E-state index is 12.3. The second-order valence-electron chi connectivity index (χ2n) is 6.05. The molecule has 3 heterocycles. The van der Waals surface area contributed by atoms with Crippen LogP contribution in [0.5, 0.6) is 0 Å². The van der Waals surface area contributed by atoms with E-state index in [-0.39, 0.29) is 6.03 Å². The van der Waals surface area contributed by atoms with Gasteiger partial charge >= 0.3 is 6.03 Å². The van der Waals surface area contributed by atoms with Crippen molar-refractivity contribution >= 4 is 17.4 Å². The first-order chi connectivity index (χ1) is 10.3.